The molecule has 5 heteroatoms. The minimum absolute atomic E-state index is 0.0118. The van der Waals surface area contributed by atoms with E-state index >= 15 is 0 Å². The first-order valence-corrected chi connectivity index (χ1v) is 6.86. The molecule has 0 saturated heterocycles. The fourth-order valence-corrected chi connectivity index (χ4v) is 2.16. The van der Waals surface area contributed by atoms with Crippen molar-refractivity contribution >= 4 is 5.69 Å². The summed E-state index contributed by atoms with van der Waals surface area (Å²) in [7, 11) is 3.28. The van der Waals surface area contributed by atoms with Crippen LogP contribution in [-0.4, -0.2) is 46.6 Å². The van der Waals surface area contributed by atoms with E-state index in [1.807, 2.05) is 17.9 Å². The normalized spacial score (nSPS) is 12.4. The molecule has 4 nitrogen and oxygen atoms in total. The average molecular weight is 284 g/mol. The molecule has 1 unspecified atom stereocenters. The van der Waals surface area contributed by atoms with E-state index in [2.05, 4.69) is 0 Å². The summed E-state index contributed by atoms with van der Waals surface area (Å²) < 4.78 is 24.5. The van der Waals surface area contributed by atoms with Crippen LogP contribution in [0.2, 0.25) is 0 Å². The van der Waals surface area contributed by atoms with Gasteiger partial charge in [-0.2, -0.15) is 0 Å². The molecule has 0 aliphatic carbocycles. The van der Waals surface area contributed by atoms with Crippen molar-refractivity contribution in [1.29, 1.82) is 0 Å². The Morgan fingerprint density at radius 3 is 2.30 bits per heavy atom. The topological polar surface area (TPSA) is 47.7 Å². The molecule has 0 spiro atoms. The van der Waals surface area contributed by atoms with Crippen LogP contribution in [0.25, 0.3) is 0 Å². The van der Waals surface area contributed by atoms with Crippen LogP contribution in [0.4, 0.5) is 10.1 Å². The Bertz CT molecular complexity index is 391. The van der Waals surface area contributed by atoms with E-state index in [1.54, 1.807) is 20.3 Å². The molecule has 20 heavy (non-hydrogen) atoms. The second-order valence-electron chi connectivity index (χ2n) is 4.90. The minimum Gasteiger partial charge on any atom is -0.383 e. The van der Waals surface area contributed by atoms with Gasteiger partial charge >= 0.3 is 0 Å². The average Bonchev–Trinajstić information content (AvgIpc) is 2.40. The SMILES string of the molecule is COCCN(CCOC)c1c(F)cccc1CC(C)N. The van der Waals surface area contributed by atoms with Gasteiger partial charge in [0.1, 0.15) is 5.82 Å². The van der Waals surface area contributed by atoms with Gasteiger partial charge in [-0.25, -0.2) is 4.39 Å². The monoisotopic (exact) mass is 284 g/mol. The molecule has 0 aliphatic heterocycles. The fraction of sp³-hybridized carbons (Fsp3) is 0.600. The molecule has 1 aromatic carbocycles. The molecule has 0 heterocycles. The summed E-state index contributed by atoms with van der Waals surface area (Å²) in [6.07, 6.45) is 0.642. The lowest BCUT2D eigenvalue weighted by atomic mass is 10.0. The zero-order chi connectivity index (χ0) is 15.0. The van der Waals surface area contributed by atoms with Gasteiger partial charge in [0.05, 0.1) is 18.9 Å². The molecule has 1 rings (SSSR count). The Kier molecular flexibility index (Phi) is 7.51. The van der Waals surface area contributed by atoms with Crippen LogP contribution >= 0.6 is 0 Å². The highest BCUT2D eigenvalue weighted by atomic mass is 19.1. The Balaban J connectivity index is 3.02. The molecule has 114 valence electrons. The number of benzene rings is 1. The van der Waals surface area contributed by atoms with Crippen molar-refractivity contribution < 1.29 is 13.9 Å². The van der Waals surface area contributed by atoms with Crippen LogP contribution in [0.1, 0.15) is 12.5 Å². The highest BCUT2D eigenvalue weighted by molar-refractivity contribution is 5.55. The number of hydrogen-bond acceptors (Lipinski definition) is 4. The van der Waals surface area contributed by atoms with Crippen molar-refractivity contribution in [1.82, 2.24) is 0 Å². The van der Waals surface area contributed by atoms with E-state index in [0.29, 0.717) is 38.4 Å². The summed E-state index contributed by atoms with van der Waals surface area (Å²) in [6.45, 7) is 4.23. The molecular weight excluding hydrogens is 259 g/mol. The Morgan fingerprint density at radius 1 is 1.20 bits per heavy atom. The Morgan fingerprint density at radius 2 is 1.80 bits per heavy atom. The molecule has 2 N–H and O–H groups in total. The number of rotatable bonds is 9. The highest BCUT2D eigenvalue weighted by Gasteiger charge is 2.16. The first kappa shape index (κ1) is 16.9. The third-order valence-electron chi connectivity index (χ3n) is 3.06. The number of anilines is 1. The van der Waals surface area contributed by atoms with Gasteiger partial charge in [0.15, 0.2) is 0 Å². The molecular formula is C15H25FN2O2. The summed E-state index contributed by atoms with van der Waals surface area (Å²) >= 11 is 0. The lowest BCUT2D eigenvalue weighted by Gasteiger charge is -2.27. The van der Waals surface area contributed by atoms with Gasteiger partial charge < -0.3 is 20.1 Å². The second kappa shape index (κ2) is 8.89. The van der Waals surface area contributed by atoms with E-state index < -0.39 is 0 Å². The molecule has 0 fully saturated rings. The highest BCUT2D eigenvalue weighted by Crippen LogP contribution is 2.25. The molecule has 0 saturated carbocycles. The molecule has 0 bridgehead atoms. The summed E-state index contributed by atoms with van der Waals surface area (Å²) in [5.41, 5.74) is 7.39. The lowest BCUT2D eigenvalue weighted by molar-refractivity contribution is 0.190. The zero-order valence-electron chi connectivity index (χ0n) is 12.6. The predicted octanol–water partition coefficient (Wildman–Crippen LogP) is 1.81. The maximum Gasteiger partial charge on any atom is 0.146 e. The van der Waals surface area contributed by atoms with Gasteiger partial charge in [0, 0.05) is 33.4 Å². The number of nitrogens with zero attached hydrogens (tertiary/aromatic N) is 1. The number of ether oxygens (including phenoxy) is 2. The molecule has 0 aliphatic rings. The number of para-hydroxylation sites is 1. The summed E-state index contributed by atoms with van der Waals surface area (Å²) in [4.78, 5) is 1.96. The summed E-state index contributed by atoms with van der Waals surface area (Å²) in [5.74, 6) is -0.227. The second-order valence-corrected chi connectivity index (χ2v) is 4.90. The summed E-state index contributed by atoms with van der Waals surface area (Å²) in [5, 5.41) is 0. The molecule has 0 aromatic heterocycles. The van der Waals surface area contributed by atoms with Crippen molar-refractivity contribution in [2.75, 3.05) is 45.4 Å². The van der Waals surface area contributed by atoms with Gasteiger partial charge in [0.2, 0.25) is 0 Å². The predicted molar refractivity (Wildman–Crippen MR) is 79.7 cm³/mol. The smallest absolute Gasteiger partial charge is 0.146 e. The molecule has 1 atom stereocenters. The van der Waals surface area contributed by atoms with Crippen LogP contribution in [0.3, 0.4) is 0 Å². The van der Waals surface area contributed by atoms with Crippen molar-refractivity contribution in [3.63, 3.8) is 0 Å². The first-order valence-electron chi connectivity index (χ1n) is 6.86. The van der Waals surface area contributed by atoms with E-state index in [0.717, 1.165) is 5.56 Å². The van der Waals surface area contributed by atoms with Gasteiger partial charge in [0.25, 0.3) is 0 Å². The van der Waals surface area contributed by atoms with E-state index in [9.17, 15) is 4.39 Å². The first-order chi connectivity index (χ1) is 9.60. The van der Waals surface area contributed by atoms with Crippen molar-refractivity contribution in [2.24, 2.45) is 5.73 Å². The third-order valence-corrected chi connectivity index (χ3v) is 3.06. The maximum atomic E-state index is 14.2. The molecule has 0 amide bonds. The fourth-order valence-electron chi connectivity index (χ4n) is 2.16. The van der Waals surface area contributed by atoms with Crippen LogP contribution in [0, 0.1) is 5.82 Å². The quantitative estimate of drug-likeness (QED) is 0.751. The van der Waals surface area contributed by atoms with E-state index in [-0.39, 0.29) is 11.9 Å². The van der Waals surface area contributed by atoms with Crippen molar-refractivity contribution in [2.45, 2.75) is 19.4 Å². The largest absolute Gasteiger partial charge is 0.383 e. The number of methoxy groups -OCH3 is 2. The molecule has 0 radical (unpaired) electrons. The van der Waals surface area contributed by atoms with E-state index in [4.69, 9.17) is 15.2 Å². The Labute approximate surface area is 120 Å². The number of halogens is 1. The third kappa shape index (κ3) is 5.07. The van der Waals surface area contributed by atoms with Crippen LogP contribution in [0.15, 0.2) is 18.2 Å². The number of nitrogens with two attached hydrogens (primary N) is 1. The Hall–Kier alpha value is -1.17. The van der Waals surface area contributed by atoms with Crippen molar-refractivity contribution in [3.8, 4) is 0 Å². The van der Waals surface area contributed by atoms with Crippen molar-refractivity contribution in [3.05, 3.63) is 29.6 Å². The van der Waals surface area contributed by atoms with Gasteiger partial charge in [-0.05, 0) is 25.0 Å². The minimum atomic E-state index is -0.227. The summed E-state index contributed by atoms with van der Waals surface area (Å²) in [6, 6.07) is 5.12. The number of hydrogen-bond donors (Lipinski definition) is 1. The van der Waals surface area contributed by atoms with Crippen LogP contribution in [0.5, 0.6) is 0 Å². The van der Waals surface area contributed by atoms with Gasteiger partial charge in [-0.3, -0.25) is 0 Å². The van der Waals surface area contributed by atoms with E-state index in [1.165, 1.54) is 6.07 Å². The van der Waals surface area contributed by atoms with Gasteiger partial charge in [-0.1, -0.05) is 12.1 Å². The maximum absolute atomic E-state index is 14.2. The molecule has 1 aromatic rings. The lowest BCUT2D eigenvalue weighted by Crippen LogP contribution is -2.33. The van der Waals surface area contributed by atoms with Gasteiger partial charge in [-0.15, -0.1) is 0 Å². The van der Waals surface area contributed by atoms with Crippen LogP contribution < -0.4 is 10.6 Å². The zero-order valence-corrected chi connectivity index (χ0v) is 12.6. The standard InChI is InChI=1S/C15H25FN2O2/c1-12(17)11-13-5-4-6-14(16)15(13)18(7-9-19-2)8-10-20-3/h4-6,12H,7-11,17H2,1-3H3. The van der Waals surface area contributed by atoms with Crippen LogP contribution in [-0.2, 0) is 15.9 Å².